The number of halogens is 1. The van der Waals surface area contributed by atoms with E-state index in [0.29, 0.717) is 17.4 Å². The third kappa shape index (κ3) is 3.16. The second kappa shape index (κ2) is 5.74. The maximum Gasteiger partial charge on any atom is 0.132 e. The SMILES string of the molecule is COc1ccc(C(N)c2cccc(OC3CC3)c2)c(F)c1. The summed E-state index contributed by atoms with van der Waals surface area (Å²) in [4.78, 5) is 0. The van der Waals surface area contributed by atoms with Gasteiger partial charge in [0.1, 0.15) is 17.3 Å². The van der Waals surface area contributed by atoms with E-state index in [4.69, 9.17) is 15.2 Å². The van der Waals surface area contributed by atoms with E-state index in [9.17, 15) is 4.39 Å². The lowest BCUT2D eigenvalue weighted by Crippen LogP contribution is -2.14. The van der Waals surface area contributed by atoms with Crippen molar-refractivity contribution in [1.29, 1.82) is 0 Å². The minimum atomic E-state index is -0.529. The van der Waals surface area contributed by atoms with Crippen LogP contribution >= 0.6 is 0 Å². The van der Waals surface area contributed by atoms with E-state index in [2.05, 4.69) is 0 Å². The normalized spacial score (nSPS) is 15.6. The summed E-state index contributed by atoms with van der Waals surface area (Å²) in [6, 6.07) is 11.7. The average molecular weight is 287 g/mol. The van der Waals surface area contributed by atoms with Crippen molar-refractivity contribution in [3.05, 3.63) is 59.4 Å². The Kier molecular flexibility index (Phi) is 3.80. The highest BCUT2D eigenvalue weighted by Gasteiger charge is 2.24. The first-order valence-corrected chi connectivity index (χ1v) is 7.03. The van der Waals surface area contributed by atoms with Crippen molar-refractivity contribution in [2.75, 3.05) is 7.11 Å². The van der Waals surface area contributed by atoms with Crippen LogP contribution in [0, 0.1) is 5.82 Å². The molecule has 0 saturated heterocycles. The van der Waals surface area contributed by atoms with E-state index in [0.717, 1.165) is 24.2 Å². The zero-order valence-electron chi connectivity index (χ0n) is 11.9. The van der Waals surface area contributed by atoms with E-state index < -0.39 is 6.04 Å². The fourth-order valence-corrected chi connectivity index (χ4v) is 2.23. The van der Waals surface area contributed by atoms with E-state index in [1.165, 1.54) is 13.2 Å². The number of ether oxygens (including phenoxy) is 2. The van der Waals surface area contributed by atoms with Gasteiger partial charge in [-0.25, -0.2) is 4.39 Å². The van der Waals surface area contributed by atoms with Gasteiger partial charge in [-0.2, -0.15) is 0 Å². The van der Waals surface area contributed by atoms with Gasteiger partial charge in [0, 0.05) is 11.6 Å². The fourth-order valence-electron chi connectivity index (χ4n) is 2.23. The average Bonchev–Trinajstić information content (AvgIpc) is 3.30. The topological polar surface area (TPSA) is 44.5 Å². The van der Waals surface area contributed by atoms with Crippen LogP contribution in [0.25, 0.3) is 0 Å². The molecule has 21 heavy (non-hydrogen) atoms. The Labute approximate surface area is 123 Å². The maximum absolute atomic E-state index is 14.1. The molecule has 4 heteroatoms. The van der Waals surface area contributed by atoms with E-state index in [-0.39, 0.29) is 5.82 Å². The molecule has 0 radical (unpaired) electrons. The Morgan fingerprint density at radius 3 is 2.62 bits per heavy atom. The third-order valence-electron chi connectivity index (χ3n) is 3.59. The molecule has 3 nitrogen and oxygen atoms in total. The first-order chi connectivity index (χ1) is 10.2. The van der Waals surface area contributed by atoms with Crippen LogP contribution in [0.15, 0.2) is 42.5 Å². The molecule has 2 aromatic rings. The number of hydrogen-bond acceptors (Lipinski definition) is 3. The molecular weight excluding hydrogens is 269 g/mol. The van der Waals surface area contributed by atoms with Gasteiger partial charge in [0.2, 0.25) is 0 Å². The molecule has 1 aliphatic rings. The number of rotatable bonds is 5. The molecule has 1 fully saturated rings. The second-order valence-electron chi connectivity index (χ2n) is 5.25. The van der Waals surface area contributed by atoms with Crippen molar-refractivity contribution in [2.45, 2.75) is 25.0 Å². The van der Waals surface area contributed by atoms with Crippen LogP contribution < -0.4 is 15.2 Å². The molecule has 0 amide bonds. The molecule has 3 rings (SSSR count). The van der Waals surface area contributed by atoms with Gasteiger partial charge in [-0.3, -0.25) is 0 Å². The molecule has 1 atom stereocenters. The monoisotopic (exact) mass is 287 g/mol. The van der Waals surface area contributed by atoms with Crippen molar-refractivity contribution in [2.24, 2.45) is 5.73 Å². The van der Waals surface area contributed by atoms with Gasteiger partial charge < -0.3 is 15.2 Å². The van der Waals surface area contributed by atoms with Gasteiger partial charge in [0.15, 0.2) is 0 Å². The molecule has 0 bridgehead atoms. The summed E-state index contributed by atoms with van der Waals surface area (Å²) in [6.45, 7) is 0. The zero-order valence-corrected chi connectivity index (χ0v) is 11.9. The maximum atomic E-state index is 14.1. The molecule has 0 spiro atoms. The molecule has 1 saturated carbocycles. The highest BCUT2D eigenvalue weighted by atomic mass is 19.1. The van der Waals surface area contributed by atoms with Gasteiger partial charge >= 0.3 is 0 Å². The molecule has 1 unspecified atom stereocenters. The van der Waals surface area contributed by atoms with Gasteiger partial charge in [0.05, 0.1) is 19.3 Å². The predicted octanol–water partition coefficient (Wildman–Crippen LogP) is 3.42. The van der Waals surface area contributed by atoms with E-state index in [1.807, 2.05) is 24.3 Å². The number of benzene rings is 2. The van der Waals surface area contributed by atoms with Crippen molar-refractivity contribution >= 4 is 0 Å². The highest BCUT2D eigenvalue weighted by Crippen LogP contribution is 2.30. The predicted molar refractivity (Wildman–Crippen MR) is 79.1 cm³/mol. The summed E-state index contributed by atoms with van der Waals surface area (Å²) in [5.41, 5.74) is 7.46. The van der Waals surface area contributed by atoms with Crippen LogP contribution in [-0.4, -0.2) is 13.2 Å². The molecule has 0 aliphatic heterocycles. The molecule has 1 aliphatic carbocycles. The number of methoxy groups -OCH3 is 1. The first kappa shape index (κ1) is 13.9. The van der Waals surface area contributed by atoms with Crippen molar-refractivity contribution in [3.63, 3.8) is 0 Å². The quantitative estimate of drug-likeness (QED) is 0.916. The first-order valence-electron chi connectivity index (χ1n) is 7.03. The summed E-state index contributed by atoms with van der Waals surface area (Å²) in [5.74, 6) is 0.906. The Balaban J connectivity index is 1.85. The van der Waals surface area contributed by atoms with Gasteiger partial charge in [-0.05, 0) is 36.6 Å². The Bertz CT molecular complexity index is 640. The summed E-state index contributed by atoms with van der Waals surface area (Å²) < 4.78 is 24.9. The van der Waals surface area contributed by atoms with Crippen LogP contribution in [0.3, 0.4) is 0 Å². The smallest absolute Gasteiger partial charge is 0.132 e. The molecule has 2 aromatic carbocycles. The largest absolute Gasteiger partial charge is 0.497 e. The summed E-state index contributed by atoms with van der Waals surface area (Å²) in [5, 5.41) is 0. The lowest BCUT2D eigenvalue weighted by molar-refractivity contribution is 0.303. The standard InChI is InChI=1S/C17H18FNO2/c1-20-13-7-8-15(16(18)10-13)17(19)11-3-2-4-14(9-11)21-12-5-6-12/h2-4,7-10,12,17H,5-6,19H2,1H3. The van der Waals surface area contributed by atoms with Crippen molar-refractivity contribution in [1.82, 2.24) is 0 Å². The van der Waals surface area contributed by atoms with Crippen molar-refractivity contribution in [3.8, 4) is 11.5 Å². The minimum absolute atomic E-state index is 0.328. The Morgan fingerprint density at radius 1 is 1.14 bits per heavy atom. The molecule has 0 aromatic heterocycles. The van der Waals surface area contributed by atoms with E-state index in [1.54, 1.807) is 12.1 Å². The minimum Gasteiger partial charge on any atom is -0.497 e. The summed E-state index contributed by atoms with van der Waals surface area (Å²) in [7, 11) is 1.51. The van der Waals surface area contributed by atoms with Crippen LogP contribution in [0.2, 0.25) is 0 Å². The highest BCUT2D eigenvalue weighted by molar-refractivity contribution is 5.39. The third-order valence-corrected chi connectivity index (χ3v) is 3.59. The van der Waals surface area contributed by atoms with Crippen LogP contribution in [-0.2, 0) is 0 Å². The van der Waals surface area contributed by atoms with E-state index >= 15 is 0 Å². The summed E-state index contributed by atoms with van der Waals surface area (Å²) in [6.07, 6.45) is 2.53. The lowest BCUT2D eigenvalue weighted by Gasteiger charge is -2.15. The zero-order chi connectivity index (χ0) is 14.8. The second-order valence-corrected chi connectivity index (χ2v) is 5.25. The van der Waals surface area contributed by atoms with Gasteiger partial charge in [-0.1, -0.05) is 18.2 Å². The van der Waals surface area contributed by atoms with Crippen molar-refractivity contribution < 1.29 is 13.9 Å². The molecule has 2 N–H and O–H groups in total. The van der Waals surface area contributed by atoms with Gasteiger partial charge in [-0.15, -0.1) is 0 Å². The van der Waals surface area contributed by atoms with Crippen LogP contribution in [0.4, 0.5) is 4.39 Å². The lowest BCUT2D eigenvalue weighted by atomic mass is 9.99. The number of nitrogens with two attached hydrogens (primary N) is 1. The fraction of sp³-hybridized carbons (Fsp3) is 0.294. The molecule has 110 valence electrons. The van der Waals surface area contributed by atoms with Crippen LogP contribution in [0.5, 0.6) is 11.5 Å². The number of hydrogen-bond donors (Lipinski definition) is 1. The molecular formula is C17H18FNO2. The van der Waals surface area contributed by atoms with Crippen LogP contribution in [0.1, 0.15) is 30.0 Å². The molecule has 0 heterocycles. The summed E-state index contributed by atoms with van der Waals surface area (Å²) >= 11 is 0. The van der Waals surface area contributed by atoms with Gasteiger partial charge in [0.25, 0.3) is 0 Å². The Hall–Kier alpha value is -2.07. The Morgan fingerprint density at radius 2 is 1.95 bits per heavy atom.